The molecule has 0 aliphatic carbocycles. The van der Waals surface area contributed by atoms with Crippen molar-refractivity contribution < 1.29 is 9.53 Å². The van der Waals surface area contributed by atoms with E-state index in [0.717, 1.165) is 38.8 Å². The molecule has 2 heterocycles. The van der Waals surface area contributed by atoms with Crippen molar-refractivity contribution >= 4 is 18.3 Å². The molecule has 0 aromatic rings. The van der Waals surface area contributed by atoms with Crippen LogP contribution in [0.1, 0.15) is 32.1 Å². The monoisotopic (exact) mass is 248 g/mol. The zero-order valence-electron chi connectivity index (χ0n) is 9.54. The van der Waals surface area contributed by atoms with Gasteiger partial charge in [-0.2, -0.15) is 0 Å². The molecule has 94 valence electrons. The van der Waals surface area contributed by atoms with Crippen LogP contribution in [-0.4, -0.2) is 37.7 Å². The highest BCUT2D eigenvalue weighted by molar-refractivity contribution is 5.85. The van der Waals surface area contributed by atoms with Gasteiger partial charge in [0, 0.05) is 13.2 Å². The lowest BCUT2D eigenvalue weighted by molar-refractivity contribution is -0.123. The summed E-state index contributed by atoms with van der Waals surface area (Å²) in [7, 11) is 0. The van der Waals surface area contributed by atoms with Crippen LogP contribution in [0.15, 0.2) is 0 Å². The molecule has 0 aromatic carbocycles. The second-order valence-electron chi connectivity index (χ2n) is 4.38. The number of carbonyl (C=O) groups excluding carboxylic acids is 1. The number of ether oxygens (including phenoxy) is 1. The Labute approximate surface area is 103 Å². The predicted octanol–water partition coefficient (Wildman–Crippen LogP) is 0.845. The number of amides is 1. The minimum absolute atomic E-state index is 0. The van der Waals surface area contributed by atoms with E-state index in [1.54, 1.807) is 0 Å². The number of nitrogens with one attached hydrogen (secondary N) is 2. The Morgan fingerprint density at radius 2 is 2.19 bits per heavy atom. The van der Waals surface area contributed by atoms with Gasteiger partial charge in [0.05, 0.1) is 12.1 Å². The smallest absolute Gasteiger partial charge is 0.237 e. The van der Waals surface area contributed by atoms with Gasteiger partial charge < -0.3 is 15.4 Å². The molecule has 0 radical (unpaired) electrons. The van der Waals surface area contributed by atoms with E-state index >= 15 is 0 Å². The third kappa shape index (κ3) is 3.92. The van der Waals surface area contributed by atoms with E-state index in [2.05, 4.69) is 10.6 Å². The van der Waals surface area contributed by atoms with Gasteiger partial charge in [-0.1, -0.05) is 0 Å². The lowest BCUT2D eigenvalue weighted by Gasteiger charge is -2.23. The summed E-state index contributed by atoms with van der Waals surface area (Å²) in [6, 6.07) is 0.0357. The van der Waals surface area contributed by atoms with Gasteiger partial charge in [-0.25, -0.2) is 0 Å². The second-order valence-corrected chi connectivity index (χ2v) is 4.38. The zero-order valence-corrected chi connectivity index (χ0v) is 10.4. The topological polar surface area (TPSA) is 50.4 Å². The van der Waals surface area contributed by atoms with Crippen LogP contribution in [0.5, 0.6) is 0 Å². The van der Waals surface area contributed by atoms with Crippen LogP contribution in [0.3, 0.4) is 0 Å². The van der Waals surface area contributed by atoms with Crippen molar-refractivity contribution in [1.82, 2.24) is 10.6 Å². The lowest BCUT2D eigenvalue weighted by atomic mass is 10.1. The Kier molecular flexibility index (Phi) is 6.09. The molecule has 1 amide bonds. The number of carbonyl (C=O) groups is 1. The quantitative estimate of drug-likeness (QED) is 0.779. The fraction of sp³-hybridized carbons (Fsp3) is 0.909. The van der Waals surface area contributed by atoms with Crippen LogP contribution in [0.4, 0.5) is 0 Å². The Bertz CT molecular complexity index is 214. The molecule has 2 aliphatic heterocycles. The average molecular weight is 249 g/mol. The van der Waals surface area contributed by atoms with Crippen LogP contribution in [0.25, 0.3) is 0 Å². The van der Waals surface area contributed by atoms with E-state index in [4.69, 9.17) is 4.74 Å². The van der Waals surface area contributed by atoms with E-state index in [1.165, 1.54) is 6.42 Å². The van der Waals surface area contributed by atoms with Crippen molar-refractivity contribution in [3.8, 4) is 0 Å². The molecule has 2 atom stereocenters. The second kappa shape index (κ2) is 7.09. The SMILES string of the molecule is Cl.O=C(NCC1CCCCO1)C1CCCN1. The zero-order chi connectivity index (χ0) is 10.5. The van der Waals surface area contributed by atoms with Crippen LogP contribution in [0, 0.1) is 0 Å². The maximum atomic E-state index is 11.7. The molecular weight excluding hydrogens is 228 g/mol. The average Bonchev–Trinajstić information content (AvgIpc) is 2.81. The van der Waals surface area contributed by atoms with Crippen LogP contribution < -0.4 is 10.6 Å². The Morgan fingerprint density at radius 3 is 2.81 bits per heavy atom. The van der Waals surface area contributed by atoms with Crippen molar-refractivity contribution in [3.63, 3.8) is 0 Å². The molecule has 0 spiro atoms. The Hall–Kier alpha value is -0.320. The molecule has 16 heavy (non-hydrogen) atoms. The van der Waals surface area contributed by atoms with E-state index < -0.39 is 0 Å². The molecule has 4 nitrogen and oxygen atoms in total. The highest BCUT2D eigenvalue weighted by Crippen LogP contribution is 2.12. The highest BCUT2D eigenvalue weighted by Gasteiger charge is 2.23. The number of hydrogen-bond acceptors (Lipinski definition) is 3. The van der Waals surface area contributed by atoms with E-state index in [-0.39, 0.29) is 30.5 Å². The minimum atomic E-state index is 0. The van der Waals surface area contributed by atoms with Gasteiger partial charge >= 0.3 is 0 Å². The first-order chi connectivity index (χ1) is 7.36. The number of hydrogen-bond donors (Lipinski definition) is 2. The summed E-state index contributed by atoms with van der Waals surface area (Å²) in [4.78, 5) is 11.7. The summed E-state index contributed by atoms with van der Waals surface area (Å²) in [5.74, 6) is 0.140. The third-order valence-corrected chi connectivity index (χ3v) is 3.15. The van der Waals surface area contributed by atoms with Gasteiger partial charge in [0.25, 0.3) is 0 Å². The fourth-order valence-electron chi connectivity index (χ4n) is 2.21. The summed E-state index contributed by atoms with van der Waals surface area (Å²) < 4.78 is 5.56. The summed E-state index contributed by atoms with van der Waals surface area (Å²) in [6.45, 7) is 2.50. The Balaban J connectivity index is 0.00000128. The van der Waals surface area contributed by atoms with Crippen LogP contribution in [0.2, 0.25) is 0 Å². The molecular formula is C11H21ClN2O2. The normalized spacial score (nSPS) is 29.5. The standard InChI is InChI=1S/C11H20N2O2.ClH/c14-11(10-5-3-6-12-10)13-8-9-4-1-2-7-15-9;/h9-10,12H,1-8H2,(H,13,14);1H. The molecule has 5 heteroatoms. The van der Waals surface area contributed by atoms with Crippen LogP contribution >= 0.6 is 12.4 Å². The van der Waals surface area contributed by atoms with Crippen molar-refractivity contribution in [1.29, 1.82) is 0 Å². The maximum absolute atomic E-state index is 11.7. The number of halogens is 1. The predicted molar refractivity (Wildman–Crippen MR) is 64.9 cm³/mol. The fourth-order valence-corrected chi connectivity index (χ4v) is 2.21. The van der Waals surface area contributed by atoms with Gasteiger partial charge in [-0.15, -0.1) is 12.4 Å². The van der Waals surface area contributed by atoms with Gasteiger partial charge in [0.15, 0.2) is 0 Å². The van der Waals surface area contributed by atoms with E-state index in [0.29, 0.717) is 6.54 Å². The van der Waals surface area contributed by atoms with Crippen molar-refractivity contribution in [2.75, 3.05) is 19.7 Å². The first kappa shape index (κ1) is 13.7. The Morgan fingerprint density at radius 1 is 1.31 bits per heavy atom. The molecule has 2 saturated heterocycles. The molecule has 0 saturated carbocycles. The van der Waals surface area contributed by atoms with Gasteiger partial charge in [0.1, 0.15) is 0 Å². The van der Waals surface area contributed by atoms with Crippen molar-refractivity contribution in [3.05, 3.63) is 0 Å². The first-order valence-corrected chi connectivity index (χ1v) is 5.99. The molecule has 2 N–H and O–H groups in total. The van der Waals surface area contributed by atoms with Crippen molar-refractivity contribution in [2.45, 2.75) is 44.2 Å². The van der Waals surface area contributed by atoms with Crippen LogP contribution in [-0.2, 0) is 9.53 Å². The molecule has 2 rings (SSSR count). The van der Waals surface area contributed by atoms with Gasteiger partial charge in [-0.05, 0) is 38.6 Å². The minimum Gasteiger partial charge on any atom is -0.376 e. The van der Waals surface area contributed by atoms with Crippen molar-refractivity contribution in [2.24, 2.45) is 0 Å². The largest absolute Gasteiger partial charge is 0.376 e. The maximum Gasteiger partial charge on any atom is 0.237 e. The molecule has 2 unspecified atom stereocenters. The summed E-state index contributed by atoms with van der Waals surface area (Å²) >= 11 is 0. The summed E-state index contributed by atoms with van der Waals surface area (Å²) in [6.07, 6.45) is 5.79. The third-order valence-electron chi connectivity index (χ3n) is 3.15. The summed E-state index contributed by atoms with van der Waals surface area (Å²) in [5, 5.41) is 6.16. The molecule has 0 aromatic heterocycles. The number of rotatable bonds is 3. The van der Waals surface area contributed by atoms with E-state index in [1.807, 2.05) is 0 Å². The lowest BCUT2D eigenvalue weighted by Crippen LogP contribution is -2.44. The van der Waals surface area contributed by atoms with Gasteiger partial charge in [0.2, 0.25) is 5.91 Å². The molecule has 2 aliphatic rings. The molecule has 2 fully saturated rings. The van der Waals surface area contributed by atoms with Gasteiger partial charge in [-0.3, -0.25) is 4.79 Å². The highest BCUT2D eigenvalue weighted by atomic mass is 35.5. The first-order valence-electron chi connectivity index (χ1n) is 5.99. The summed E-state index contributed by atoms with van der Waals surface area (Å²) in [5.41, 5.74) is 0. The molecule has 0 bridgehead atoms. The van der Waals surface area contributed by atoms with E-state index in [9.17, 15) is 4.79 Å².